The molecule has 0 unspecified atom stereocenters. The van der Waals surface area contributed by atoms with Crippen molar-refractivity contribution >= 4 is 22.8 Å². The van der Waals surface area contributed by atoms with Gasteiger partial charge in [-0.25, -0.2) is 13.8 Å². The van der Waals surface area contributed by atoms with Crippen molar-refractivity contribution in [3.8, 4) is 5.82 Å². The number of fused-ring (bicyclic) bond motifs is 1. The van der Waals surface area contributed by atoms with Gasteiger partial charge in [0.1, 0.15) is 11.6 Å². The molecule has 2 saturated carbocycles. The van der Waals surface area contributed by atoms with Gasteiger partial charge in [0.15, 0.2) is 5.82 Å². The molecule has 1 saturated heterocycles. The molecule has 0 bridgehead atoms. The molecular formula is C32H45F2N7O2. The van der Waals surface area contributed by atoms with Crippen LogP contribution in [0.5, 0.6) is 0 Å². The summed E-state index contributed by atoms with van der Waals surface area (Å²) in [6.07, 6.45) is 5.57. The van der Waals surface area contributed by atoms with E-state index in [2.05, 4.69) is 20.1 Å². The summed E-state index contributed by atoms with van der Waals surface area (Å²) in [6, 6.07) is 9.44. The van der Waals surface area contributed by atoms with Crippen LogP contribution in [0.15, 0.2) is 30.3 Å². The van der Waals surface area contributed by atoms with Crippen LogP contribution >= 0.6 is 0 Å². The van der Waals surface area contributed by atoms with Gasteiger partial charge in [-0.2, -0.15) is 9.97 Å². The fourth-order valence-electron chi connectivity index (χ4n) is 6.80. The van der Waals surface area contributed by atoms with E-state index in [1.54, 1.807) is 24.3 Å². The highest BCUT2D eigenvalue weighted by Gasteiger charge is 2.32. The average Bonchev–Trinajstić information content (AvgIpc) is 3.38. The van der Waals surface area contributed by atoms with E-state index in [9.17, 15) is 13.9 Å². The maximum absolute atomic E-state index is 14.2. The zero-order chi connectivity index (χ0) is 30.0. The summed E-state index contributed by atoms with van der Waals surface area (Å²) >= 11 is 0. The fraction of sp³-hybridized carbons (Fsp3) is 0.656. The molecule has 2 N–H and O–H groups in total. The maximum Gasteiger partial charge on any atom is 0.296 e. The summed E-state index contributed by atoms with van der Waals surface area (Å²) in [6.45, 7) is 8.87. The minimum atomic E-state index is -2.75. The van der Waals surface area contributed by atoms with Crippen molar-refractivity contribution in [1.29, 1.82) is 0 Å². The van der Waals surface area contributed by atoms with Crippen molar-refractivity contribution in [2.75, 3.05) is 56.2 Å². The molecule has 3 heterocycles. The van der Waals surface area contributed by atoms with E-state index in [1.807, 2.05) is 19.9 Å². The Morgan fingerprint density at radius 1 is 1.00 bits per heavy atom. The Balaban J connectivity index is 1.18. The van der Waals surface area contributed by atoms with Crippen molar-refractivity contribution in [2.24, 2.45) is 11.8 Å². The third kappa shape index (κ3) is 7.26. The summed E-state index contributed by atoms with van der Waals surface area (Å²) in [5, 5.41) is 14.0. The van der Waals surface area contributed by atoms with Crippen LogP contribution in [-0.4, -0.2) is 87.1 Å². The number of morpholine rings is 1. The molecule has 0 amide bonds. The normalized spacial score (nSPS) is 22.0. The molecule has 2 aliphatic carbocycles. The lowest BCUT2D eigenvalue weighted by Crippen LogP contribution is -2.48. The zero-order valence-corrected chi connectivity index (χ0v) is 25.4. The number of hydrogen-bond donors (Lipinski definition) is 2. The number of alkyl halides is 2. The molecule has 9 nitrogen and oxygen atoms in total. The molecule has 0 spiro atoms. The first kappa shape index (κ1) is 30.1. The smallest absolute Gasteiger partial charge is 0.296 e. The van der Waals surface area contributed by atoms with E-state index in [0.29, 0.717) is 73.4 Å². The molecule has 0 atom stereocenters. The van der Waals surface area contributed by atoms with Crippen LogP contribution < -0.4 is 10.2 Å². The minimum absolute atomic E-state index is 0.324. The Labute approximate surface area is 252 Å². The van der Waals surface area contributed by atoms with Crippen LogP contribution in [0.2, 0.25) is 0 Å². The Morgan fingerprint density at radius 3 is 2.40 bits per heavy atom. The SMILES string of the molecule is CC(C)(O)CN(CC1CCC1)C1CCC(CNc2nc(N3CCOCC3)cc(-n3c(C(F)F)nc4ccccc43)n2)CC1. The van der Waals surface area contributed by atoms with Gasteiger partial charge in [-0.1, -0.05) is 18.6 Å². The van der Waals surface area contributed by atoms with Gasteiger partial charge >= 0.3 is 0 Å². The number of anilines is 2. The number of nitrogens with one attached hydrogen (secondary N) is 1. The molecule has 234 valence electrons. The summed E-state index contributed by atoms with van der Waals surface area (Å²) in [7, 11) is 0. The van der Waals surface area contributed by atoms with Gasteiger partial charge < -0.3 is 20.1 Å². The van der Waals surface area contributed by atoms with Crippen LogP contribution in [0.25, 0.3) is 16.9 Å². The summed E-state index contributed by atoms with van der Waals surface area (Å²) in [5.41, 5.74) is 0.394. The molecule has 3 aliphatic rings. The highest BCUT2D eigenvalue weighted by atomic mass is 19.3. The number of hydrogen-bond acceptors (Lipinski definition) is 8. The number of halogens is 2. The molecule has 6 rings (SSSR count). The Morgan fingerprint density at radius 2 is 1.72 bits per heavy atom. The van der Waals surface area contributed by atoms with E-state index in [-0.39, 0.29) is 5.82 Å². The maximum atomic E-state index is 14.2. The van der Waals surface area contributed by atoms with Gasteiger partial charge in [0.25, 0.3) is 6.43 Å². The van der Waals surface area contributed by atoms with Crippen LogP contribution in [0, 0.1) is 11.8 Å². The molecular weight excluding hydrogens is 552 g/mol. The van der Waals surface area contributed by atoms with Crippen LogP contribution in [0.3, 0.4) is 0 Å². The minimum Gasteiger partial charge on any atom is -0.389 e. The zero-order valence-electron chi connectivity index (χ0n) is 25.4. The second kappa shape index (κ2) is 13.0. The van der Waals surface area contributed by atoms with Crippen LogP contribution in [0.1, 0.15) is 71.0 Å². The molecule has 3 aromatic rings. The highest BCUT2D eigenvalue weighted by molar-refractivity contribution is 5.78. The molecule has 2 aromatic heterocycles. The second-order valence-electron chi connectivity index (χ2n) is 13.2. The van der Waals surface area contributed by atoms with Crippen molar-refractivity contribution in [3.63, 3.8) is 0 Å². The summed E-state index contributed by atoms with van der Waals surface area (Å²) < 4.78 is 35.4. The van der Waals surface area contributed by atoms with Crippen molar-refractivity contribution < 1.29 is 18.6 Å². The van der Waals surface area contributed by atoms with Gasteiger partial charge in [0.05, 0.1) is 29.8 Å². The Kier molecular flexibility index (Phi) is 9.11. The number of benzene rings is 1. The van der Waals surface area contributed by atoms with Crippen molar-refractivity contribution in [3.05, 3.63) is 36.2 Å². The first-order valence-electron chi connectivity index (χ1n) is 15.9. The van der Waals surface area contributed by atoms with E-state index < -0.39 is 12.0 Å². The second-order valence-corrected chi connectivity index (χ2v) is 13.2. The van der Waals surface area contributed by atoms with E-state index in [0.717, 1.165) is 44.7 Å². The monoisotopic (exact) mass is 597 g/mol. The van der Waals surface area contributed by atoms with Gasteiger partial charge in [-0.3, -0.25) is 9.47 Å². The number of nitrogens with zero attached hydrogens (tertiary/aromatic N) is 6. The van der Waals surface area contributed by atoms with E-state index >= 15 is 0 Å². The molecule has 11 heteroatoms. The van der Waals surface area contributed by atoms with Crippen molar-refractivity contribution in [1.82, 2.24) is 24.4 Å². The summed E-state index contributed by atoms with van der Waals surface area (Å²) in [4.78, 5) is 18.5. The Bertz CT molecular complexity index is 1360. The van der Waals surface area contributed by atoms with Gasteiger partial charge in [-0.15, -0.1) is 0 Å². The number of para-hydroxylation sites is 2. The largest absolute Gasteiger partial charge is 0.389 e. The lowest BCUT2D eigenvalue weighted by Gasteiger charge is -2.42. The lowest BCUT2D eigenvalue weighted by atomic mass is 9.82. The van der Waals surface area contributed by atoms with Crippen molar-refractivity contribution in [2.45, 2.75) is 76.9 Å². The lowest BCUT2D eigenvalue weighted by molar-refractivity contribution is -0.00122. The highest BCUT2D eigenvalue weighted by Crippen LogP contribution is 2.34. The number of aromatic nitrogens is 4. The molecule has 3 fully saturated rings. The molecule has 43 heavy (non-hydrogen) atoms. The first-order valence-corrected chi connectivity index (χ1v) is 15.9. The predicted octanol–water partition coefficient (Wildman–Crippen LogP) is 5.43. The number of rotatable bonds is 11. The number of ether oxygens (including phenoxy) is 1. The first-order chi connectivity index (χ1) is 20.7. The molecule has 1 aromatic carbocycles. The number of imidazole rings is 1. The topological polar surface area (TPSA) is 91.6 Å². The fourth-order valence-corrected chi connectivity index (χ4v) is 6.80. The molecule has 1 aliphatic heterocycles. The quantitative estimate of drug-likeness (QED) is 0.302. The van der Waals surface area contributed by atoms with Crippen LogP contribution in [-0.2, 0) is 4.74 Å². The third-order valence-electron chi connectivity index (χ3n) is 9.23. The number of aliphatic hydroxyl groups is 1. The molecule has 0 radical (unpaired) electrons. The summed E-state index contributed by atoms with van der Waals surface area (Å²) in [5.74, 6) is 2.42. The standard InChI is InChI=1S/C32H45F2N7O2/c1-32(2,42)21-40(20-23-6-5-7-23)24-12-10-22(11-13-24)19-35-31-37-27(39-14-16-43-17-15-39)18-28(38-31)41-26-9-4-3-8-25(26)36-30(41)29(33)34/h3-4,8-9,18,22-24,29,42H,5-7,10-17,19-21H2,1-2H3,(H,35,37,38). The van der Waals surface area contributed by atoms with Gasteiger partial charge in [0.2, 0.25) is 5.95 Å². The third-order valence-corrected chi connectivity index (χ3v) is 9.23. The van der Waals surface area contributed by atoms with E-state index in [4.69, 9.17) is 14.7 Å². The predicted molar refractivity (Wildman–Crippen MR) is 164 cm³/mol. The Hall–Kier alpha value is -2.89. The van der Waals surface area contributed by atoms with Gasteiger partial charge in [-0.05, 0) is 76.3 Å². The average molecular weight is 598 g/mol. The van der Waals surface area contributed by atoms with E-state index in [1.165, 1.54) is 23.8 Å². The van der Waals surface area contributed by atoms with Gasteiger partial charge in [0, 0.05) is 44.8 Å². The van der Waals surface area contributed by atoms with Crippen LogP contribution in [0.4, 0.5) is 20.5 Å².